The van der Waals surface area contributed by atoms with Crippen molar-refractivity contribution in [1.29, 1.82) is 0 Å². The number of unbranched alkanes of at least 4 members (excludes halogenated alkanes) is 2. The Morgan fingerprint density at radius 3 is 1.12 bits per heavy atom. The van der Waals surface area contributed by atoms with E-state index in [1.54, 1.807) is 6.07 Å². The van der Waals surface area contributed by atoms with Gasteiger partial charge in [-0.1, -0.05) is 0 Å². The third kappa shape index (κ3) is 85.0. The summed E-state index contributed by atoms with van der Waals surface area (Å²) < 4.78 is 30.0. The predicted octanol–water partition coefficient (Wildman–Crippen LogP) is 3.68. The summed E-state index contributed by atoms with van der Waals surface area (Å²) in [5.41, 5.74) is 0. The molecule has 0 N–H and O–H groups in total. The topological polar surface area (TPSA) is 79.6 Å². The van der Waals surface area contributed by atoms with Crippen molar-refractivity contribution in [1.82, 2.24) is 0 Å². The zero-order chi connectivity index (χ0) is 19.2. The van der Waals surface area contributed by atoms with E-state index in [0.717, 1.165) is 12.8 Å². The van der Waals surface area contributed by atoms with Crippen LogP contribution in [-0.2, 0) is 52.7 Å². The van der Waals surface area contributed by atoms with Crippen molar-refractivity contribution in [3.8, 4) is 0 Å². The standard InChI is InChI=1S/C5H5.C5H.C5H10.4CO.2Fe/c2*1-2-4-5-3-1;1-3-5-4-2;4*1-2;;/h1-5H;1H;1-5H2;;;;;;/q-1;-5;-2;;;;;2*+6. The van der Waals surface area contributed by atoms with Gasteiger partial charge in [0.15, 0.2) is 0 Å². The SMILES string of the molecule is [C-]#[O+].[C-]#[O+].[C-]#[O+].[C-]#[O+].[CH2-]CCC[CH2-].[Fe+6].[Fe+6].[c-]1[c-][c-][cH-][c-]1.c1cc[cH-]c1. The van der Waals surface area contributed by atoms with Crippen molar-refractivity contribution in [2.45, 2.75) is 19.3 Å². The Bertz CT molecular complexity index is 315. The third-order valence-corrected chi connectivity index (χ3v) is 1.41. The van der Waals surface area contributed by atoms with Gasteiger partial charge in [-0.05, 0) is 0 Å². The van der Waals surface area contributed by atoms with Crippen LogP contribution in [0.5, 0.6) is 0 Å². The van der Waals surface area contributed by atoms with Crippen molar-refractivity contribution in [3.05, 3.63) is 101 Å². The van der Waals surface area contributed by atoms with E-state index in [0.29, 0.717) is 0 Å². The number of hydrogen-bond donors (Lipinski definition) is 0. The molecule has 0 spiro atoms. The molecule has 0 unspecified atom stereocenters. The van der Waals surface area contributed by atoms with E-state index in [2.05, 4.69) is 64.7 Å². The van der Waals surface area contributed by atoms with E-state index in [4.69, 9.17) is 18.6 Å². The first kappa shape index (κ1) is 43.8. The van der Waals surface area contributed by atoms with Crippen LogP contribution < -0.4 is 0 Å². The fourth-order valence-corrected chi connectivity index (χ4v) is 0.678. The maximum Gasteiger partial charge on any atom is 6.00 e. The van der Waals surface area contributed by atoms with Crippen molar-refractivity contribution >= 4 is 0 Å². The fourth-order valence-electron chi connectivity index (χ4n) is 0.678. The van der Waals surface area contributed by atoms with Gasteiger partial charge >= 0.3 is 79.3 Å². The zero-order valence-electron chi connectivity index (χ0n) is 13.3. The fraction of sp³-hybridized carbons (Fsp3) is 0.158. The van der Waals surface area contributed by atoms with Gasteiger partial charge in [-0.25, -0.2) is 12.1 Å². The minimum Gasteiger partial charge on any atom is -0.999 e. The van der Waals surface area contributed by atoms with Gasteiger partial charge in [-0.3, -0.25) is 0 Å². The molecule has 0 bridgehead atoms. The summed E-state index contributed by atoms with van der Waals surface area (Å²) in [6.07, 6.45) is 3.23. The van der Waals surface area contributed by atoms with Gasteiger partial charge in [0.2, 0.25) is 0 Å². The monoisotopic (exact) mass is 420 g/mol. The van der Waals surface area contributed by atoms with Crippen LogP contribution in [0.1, 0.15) is 19.3 Å². The average molecular weight is 420 g/mol. The van der Waals surface area contributed by atoms with Gasteiger partial charge in [0.1, 0.15) is 0 Å². The molecule has 0 aliphatic heterocycles. The first-order chi connectivity index (χ1) is 11.4. The molecular weight excluding hydrogens is 404 g/mol. The van der Waals surface area contributed by atoms with Crippen molar-refractivity contribution < 1.29 is 52.7 Å². The van der Waals surface area contributed by atoms with Crippen LogP contribution in [0.2, 0.25) is 0 Å². The zero-order valence-corrected chi connectivity index (χ0v) is 15.5. The Labute approximate surface area is 173 Å². The molecule has 0 saturated carbocycles. The molecule has 2 aromatic rings. The number of rotatable bonds is 2. The Morgan fingerprint density at radius 1 is 0.720 bits per heavy atom. The number of hydrogen-bond acceptors (Lipinski definition) is 0. The molecule has 0 aliphatic carbocycles. The molecule has 2 aromatic carbocycles. The molecule has 4 nitrogen and oxygen atoms in total. The molecular formula is C19H16Fe2O4+4. The molecule has 2 rings (SSSR count). The summed E-state index contributed by atoms with van der Waals surface area (Å²) in [7, 11) is 0. The molecule has 6 heteroatoms. The Morgan fingerprint density at radius 2 is 1.04 bits per heavy atom. The van der Waals surface area contributed by atoms with Gasteiger partial charge in [-0.15, -0.1) is 6.42 Å². The minimum atomic E-state index is 0. The van der Waals surface area contributed by atoms with E-state index in [1.165, 1.54) is 6.42 Å². The van der Waals surface area contributed by atoms with E-state index in [-0.39, 0.29) is 34.1 Å². The van der Waals surface area contributed by atoms with Crippen molar-refractivity contribution in [2.24, 2.45) is 0 Å². The first-order valence-corrected chi connectivity index (χ1v) is 5.81. The molecule has 0 atom stereocenters. The summed E-state index contributed by atoms with van der Waals surface area (Å²) in [6.45, 7) is 25.3. The van der Waals surface area contributed by atoms with E-state index in [9.17, 15) is 0 Å². The first-order valence-electron chi connectivity index (χ1n) is 5.81. The normalized spacial score (nSPS) is 5.20. The van der Waals surface area contributed by atoms with Gasteiger partial charge in [0.05, 0.1) is 0 Å². The van der Waals surface area contributed by atoms with Crippen LogP contribution >= 0.6 is 0 Å². The second-order valence-corrected chi connectivity index (χ2v) is 2.71. The van der Waals surface area contributed by atoms with Crippen molar-refractivity contribution in [3.63, 3.8) is 0 Å². The van der Waals surface area contributed by atoms with Crippen molar-refractivity contribution in [2.75, 3.05) is 0 Å². The van der Waals surface area contributed by atoms with Crippen LogP contribution in [0.15, 0.2) is 36.4 Å². The molecule has 0 radical (unpaired) electrons. The van der Waals surface area contributed by atoms with E-state index in [1.807, 2.05) is 30.3 Å². The van der Waals surface area contributed by atoms with Crippen LogP contribution in [0.25, 0.3) is 0 Å². The Kier molecular flexibility index (Phi) is 137. The molecule has 0 saturated heterocycles. The maximum absolute atomic E-state index is 7.50. The molecule has 0 heterocycles. The predicted molar refractivity (Wildman–Crippen MR) is 79.7 cm³/mol. The van der Waals surface area contributed by atoms with Crippen LogP contribution in [0, 0.1) is 64.7 Å². The van der Waals surface area contributed by atoms with E-state index < -0.39 is 0 Å². The minimum absolute atomic E-state index is 0. The van der Waals surface area contributed by atoms with Crippen LogP contribution in [0.3, 0.4) is 0 Å². The van der Waals surface area contributed by atoms with E-state index >= 15 is 0 Å². The summed E-state index contributed by atoms with van der Waals surface area (Å²) >= 11 is 0. The molecule has 0 fully saturated rings. The summed E-state index contributed by atoms with van der Waals surface area (Å²) in [5, 5.41) is 0. The second-order valence-electron chi connectivity index (χ2n) is 2.71. The summed E-state index contributed by atoms with van der Waals surface area (Å²) in [4.78, 5) is 0. The largest absolute Gasteiger partial charge is 6.00 e. The van der Waals surface area contributed by atoms with Gasteiger partial charge in [-0.2, -0.15) is 31.0 Å². The van der Waals surface area contributed by atoms with Gasteiger partial charge in [0.25, 0.3) is 0 Å². The molecule has 0 amide bonds. The summed E-state index contributed by atoms with van der Waals surface area (Å²) in [5.74, 6) is 0. The van der Waals surface area contributed by atoms with Crippen LogP contribution in [-0.4, -0.2) is 0 Å². The smallest absolute Gasteiger partial charge is 0.999 e. The molecule has 0 aliphatic rings. The quantitative estimate of drug-likeness (QED) is 0.404. The summed E-state index contributed by atoms with van der Waals surface area (Å²) in [6, 6.07) is 22.0. The third-order valence-electron chi connectivity index (χ3n) is 1.41. The molecule has 25 heavy (non-hydrogen) atoms. The Hall–Kier alpha value is -1.30. The second kappa shape index (κ2) is 78.1. The Balaban J connectivity index is -0.0000000315. The van der Waals surface area contributed by atoms with Gasteiger partial charge in [0, 0.05) is 0 Å². The average Bonchev–Trinajstić information content (AvgIpc) is 3.41. The molecule has 128 valence electrons. The maximum atomic E-state index is 7.50. The molecule has 0 aromatic heterocycles. The van der Waals surface area contributed by atoms with Crippen LogP contribution in [0.4, 0.5) is 0 Å². The van der Waals surface area contributed by atoms with Gasteiger partial charge < -0.3 is 44.2 Å².